The first-order valence-corrected chi connectivity index (χ1v) is 8.19. The fraction of sp³-hybridized carbons (Fsp3) is 0. The molecule has 0 aliphatic rings. The molecule has 1 aromatic carbocycles. The molecule has 3 rings (SSSR count). The molecule has 2 heterocycles. The van der Waals surface area contributed by atoms with Crippen molar-refractivity contribution in [1.29, 1.82) is 0 Å². The van der Waals surface area contributed by atoms with Crippen LogP contribution < -0.4 is 22.1 Å². The Labute approximate surface area is 163 Å². The normalized spacial score (nSPS) is 10.2. The number of non-ortho nitro benzene ring substituents is 1. The van der Waals surface area contributed by atoms with Crippen LogP contribution in [0.25, 0.3) is 0 Å². The van der Waals surface area contributed by atoms with Crippen molar-refractivity contribution in [3.05, 3.63) is 75.8 Å². The molecule has 6 N–H and O–H groups in total. The zero-order valence-corrected chi connectivity index (χ0v) is 14.8. The van der Waals surface area contributed by atoms with Crippen molar-refractivity contribution in [1.82, 2.24) is 9.97 Å². The maximum Gasteiger partial charge on any atom is 0.271 e. The minimum absolute atomic E-state index is 0.103. The van der Waals surface area contributed by atoms with Crippen LogP contribution in [-0.2, 0) is 0 Å². The predicted octanol–water partition coefficient (Wildman–Crippen LogP) is 2.05. The van der Waals surface area contributed by atoms with Gasteiger partial charge in [-0.05, 0) is 30.3 Å². The Morgan fingerprint density at radius 2 is 1.28 bits per heavy atom. The van der Waals surface area contributed by atoms with E-state index in [2.05, 4.69) is 20.6 Å². The summed E-state index contributed by atoms with van der Waals surface area (Å²) in [5.41, 5.74) is 10.5. The van der Waals surface area contributed by atoms with E-state index < -0.39 is 22.4 Å². The first kappa shape index (κ1) is 19.2. The maximum atomic E-state index is 12.5. The van der Waals surface area contributed by atoms with Gasteiger partial charge in [0.1, 0.15) is 23.3 Å². The number of nitro benzene ring substituents is 1. The maximum absolute atomic E-state index is 12.5. The summed E-state index contributed by atoms with van der Waals surface area (Å²) < 4.78 is 0. The molecule has 0 atom stereocenters. The lowest BCUT2D eigenvalue weighted by Crippen LogP contribution is -2.17. The number of rotatable bonds is 5. The van der Waals surface area contributed by atoms with Gasteiger partial charge in [-0.2, -0.15) is 0 Å². The Hall–Kier alpha value is -4.54. The highest BCUT2D eigenvalue weighted by Gasteiger charge is 2.19. The number of carbonyl (C=O) groups is 2. The third-order valence-electron chi connectivity index (χ3n) is 3.68. The monoisotopic (exact) mass is 393 g/mol. The minimum Gasteiger partial charge on any atom is -0.384 e. The molecular formula is C18H15N7O4. The van der Waals surface area contributed by atoms with E-state index in [0.29, 0.717) is 0 Å². The number of hydrogen-bond acceptors (Lipinski definition) is 8. The van der Waals surface area contributed by atoms with Crippen molar-refractivity contribution in [3.63, 3.8) is 0 Å². The van der Waals surface area contributed by atoms with Gasteiger partial charge in [-0.1, -0.05) is 12.1 Å². The van der Waals surface area contributed by atoms with Crippen molar-refractivity contribution in [2.45, 2.75) is 0 Å². The second-order valence-corrected chi connectivity index (χ2v) is 5.83. The molecule has 0 spiro atoms. The lowest BCUT2D eigenvalue weighted by atomic mass is 10.1. The molecule has 0 radical (unpaired) electrons. The fourth-order valence-corrected chi connectivity index (χ4v) is 2.40. The molecule has 2 aromatic heterocycles. The van der Waals surface area contributed by atoms with Gasteiger partial charge in [0.15, 0.2) is 0 Å². The van der Waals surface area contributed by atoms with E-state index in [0.717, 1.165) is 12.1 Å². The van der Waals surface area contributed by atoms with Crippen LogP contribution >= 0.6 is 0 Å². The summed E-state index contributed by atoms with van der Waals surface area (Å²) in [6.07, 6.45) is 0. The molecule has 0 saturated carbocycles. The molecule has 11 heteroatoms. The first-order valence-electron chi connectivity index (χ1n) is 8.19. The van der Waals surface area contributed by atoms with E-state index in [1.165, 1.54) is 30.3 Å². The van der Waals surface area contributed by atoms with Gasteiger partial charge in [0, 0.05) is 23.3 Å². The average molecular weight is 393 g/mol. The summed E-state index contributed by atoms with van der Waals surface area (Å²) in [4.78, 5) is 43.4. The quantitative estimate of drug-likeness (QED) is 0.375. The third-order valence-corrected chi connectivity index (χ3v) is 3.68. The highest BCUT2D eigenvalue weighted by atomic mass is 16.6. The summed E-state index contributed by atoms with van der Waals surface area (Å²) in [7, 11) is 0. The number of amides is 2. The summed E-state index contributed by atoms with van der Waals surface area (Å²) in [6, 6.07) is 12.6. The van der Waals surface area contributed by atoms with Gasteiger partial charge in [-0.25, -0.2) is 9.97 Å². The molecule has 0 saturated heterocycles. The molecule has 3 aromatic rings. The molecule has 29 heavy (non-hydrogen) atoms. The number of nitro groups is 1. The van der Waals surface area contributed by atoms with Crippen LogP contribution in [0.4, 0.5) is 29.0 Å². The molecule has 11 nitrogen and oxygen atoms in total. The van der Waals surface area contributed by atoms with Gasteiger partial charge in [0.25, 0.3) is 17.5 Å². The zero-order chi connectivity index (χ0) is 21.0. The van der Waals surface area contributed by atoms with Crippen LogP contribution in [-0.4, -0.2) is 26.7 Å². The molecule has 0 aliphatic carbocycles. The third kappa shape index (κ3) is 4.80. The van der Waals surface area contributed by atoms with E-state index in [-0.39, 0.29) is 34.4 Å². The van der Waals surface area contributed by atoms with E-state index in [9.17, 15) is 19.7 Å². The molecule has 0 bridgehead atoms. The van der Waals surface area contributed by atoms with E-state index in [1.807, 2.05) is 0 Å². The van der Waals surface area contributed by atoms with Crippen LogP contribution in [0.3, 0.4) is 0 Å². The number of aromatic nitrogens is 2. The van der Waals surface area contributed by atoms with Crippen molar-refractivity contribution in [3.8, 4) is 0 Å². The van der Waals surface area contributed by atoms with Crippen LogP contribution in [0.5, 0.6) is 0 Å². The molecule has 0 fully saturated rings. The standard InChI is InChI=1S/C18H15N7O4/c19-13-3-1-5-15(21-13)23-17(26)10-7-11(9-12(8-10)25(28)29)18(27)24-16-6-2-4-14(20)22-16/h1-9H,(H3,19,21,23,26)(H3,20,22,24,27). The Balaban J connectivity index is 1.90. The SMILES string of the molecule is Nc1cccc(NC(=O)c2cc(C(=O)Nc3cccc(N)n3)cc([N+](=O)[O-])c2)n1. The van der Waals surface area contributed by atoms with Crippen LogP contribution in [0.1, 0.15) is 20.7 Å². The summed E-state index contributed by atoms with van der Waals surface area (Å²) in [5, 5.41) is 16.2. The van der Waals surface area contributed by atoms with Gasteiger partial charge in [0.2, 0.25) is 0 Å². The van der Waals surface area contributed by atoms with Crippen molar-refractivity contribution < 1.29 is 14.5 Å². The number of hydrogen-bond donors (Lipinski definition) is 4. The smallest absolute Gasteiger partial charge is 0.271 e. The van der Waals surface area contributed by atoms with E-state index in [1.54, 1.807) is 12.1 Å². The Morgan fingerprint density at radius 1 is 0.828 bits per heavy atom. The molecular weight excluding hydrogens is 378 g/mol. The topological polar surface area (TPSA) is 179 Å². The number of nitrogens with one attached hydrogen (secondary N) is 2. The zero-order valence-electron chi connectivity index (χ0n) is 14.8. The van der Waals surface area contributed by atoms with Crippen molar-refractivity contribution in [2.24, 2.45) is 0 Å². The van der Waals surface area contributed by atoms with Crippen LogP contribution in [0.2, 0.25) is 0 Å². The largest absolute Gasteiger partial charge is 0.384 e. The fourth-order valence-electron chi connectivity index (χ4n) is 2.40. The second-order valence-electron chi connectivity index (χ2n) is 5.83. The second kappa shape index (κ2) is 8.00. The van der Waals surface area contributed by atoms with Gasteiger partial charge < -0.3 is 22.1 Å². The number of nitrogen functional groups attached to an aromatic ring is 2. The van der Waals surface area contributed by atoms with Gasteiger partial charge in [0.05, 0.1) is 4.92 Å². The van der Waals surface area contributed by atoms with E-state index >= 15 is 0 Å². The lowest BCUT2D eigenvalue weighted by molar-refractivity contribution is -0.384. The first-order chi connectivity index (χ1) is 13.8. The van der Waals surface area contributed by atoms with Gasteiger partial charge in [-0.3, -0.25) is 19.7 Å². The number of nitrogens with zero attached hydrogens (tertiary/aromatic N) is 3. The van der Waals surface area contributed by atoms with Crippen molar-refractivity contribution in [2.75, 3.05) is 22.1 Å². The lowest BCUT2D eigenvalue weighted by Gasteiger charge is -2.08. The summed E-state index contributed by atoms with van der Waals surface area (Å²) in [5.74, 6) is -0.674. The molecule has 2 amide bonds. The average Bonchev–Trinajstić information content (AvgIpc) is 2.67. The van der Waals surface area contributed by atoms with Crippen LogP contribution in [0.15, 0.2) is 54.6 Å². The van der Waals surface area contributed by atoms with Crippen molar-refractivity contribution >= 4 is 40.8 Å². The predicted molar refractivity (Wildman–Crippen MR) is 106 cm³/mol. The Morgan fingerprint density at radius 3 is 1.66 bits per heavy atom. The number of pyridine rings is 2. The van der Waals surface area contributed by atoms with Gasteiger partial charge in [-0.15, -0.1) is 0 Å². The number of carbonyl (C=O) groups excluding carboxylic acids is 2. The molecule has 146 valence electrons. The summed E-state index contributed by atoms with van der Waals surface area (Å²) in [6.45, 7) is 0. The van der Waals surface area contributed by atoms with Crippen LogP contribution in [0, 0.1) is 10.1 Å². The van der Waals surface area contributed by atoms with Gasteiger partial charge >= 0.3 is 0 Å². The number of nitrogens with two attached hydrogens (primary N) is 2. The molecule has 0 unspecified atom stereocenters. The van der Waals surface area contributed by atoms with E-state index in [4.69, 9.17) is 11.5 Å². The number of anilines is 4. The summed E-state index contributed by atoms with van der Waals surface area (Å²) >= 11 is 0. The molecule has 0 aliphatic heterocycles. The highest BCUT2D eigenvalue weighted by Crippen LogP contribution is 2.20. The Bertz CT molecular complexity index is 1040. The number of benzene rings is 1. The Kier molecular flexibility index (Phi) is 5.30. The minimum atomic E-state index is -0.703. The highest BCUT2D eigenvalue weighted by molar-refractivity contribution is 6.09.